The first-order valence-corrected chi connectivity index (χ1v) is 9.28. The fourth-order valence-electron chi connectivity index (χ4n) is 3.42. The van der Waals surface area contributed by atoms with Gasteiger partial charge in [0.1, 0.15) is 0 Å². The van der Waals surface area contributed by atoms with Gasteiger partial charge in [-0.2, -0.15) is 0 Å². The molecule has 0 unspecified atom stereocenters. The number of amides is 2. The molecule has 0 saturated carbocycles. The highest BCUT2D eigenvalue weighted by molar-refractivity contribution is 6.33. The molecule has 2 amide bonds. The number of fused-ring (bicyclic) bond motifs is 1. The summed E-state index contributed by atoms with van der Waals surface area (Å²) in [4.78, 5) is 42.4. The van der Waals surface area contributed by atoms with Gasteiger partial charge in [-0.05, 0) is 42.3 Å². The highest BCUT2D eigenvalue weighted by atomic mass is 16.6. The fraction of sp³-hybridized carbons (Fsp3) is 0.0870. The van der Waals surface area contributed by atoms with Crippen molar-refractivity contribution in [1.82, 2.24) is 9.88 Å². The predicted octanol–water partition coefficient (Wildman–Crippen LogP) is 4.02. The lowest BCUT2D eigenvalue weighted by Crippen LogP contribution is -2.41. The SMILES string of the molecule is Cc1ccc(/C=C2\C(=O)N(Cc3ccccn3)C(=O)c3ccccc32)cc1[N+](=O)[O-]. The molecular formula is C23H17N3O4. The number of aryl methyl sites for hydroxylation is 1. The van der Waals surface area contributed by atoms with E-state index in [1.165, 1.54) is 6.07 Å². The number of nitrogens with zero attached hydrogens (tertiary/aromatic N) is 3. The molecule has 148 valence electrons. The summed E-state index contributed by atoms with van der Waals surface area (Å²) in [5.74, 6) is -0.860. The number of hydrogen-bond acceptors (Lipinski definition) is 5. The third kappa shape index (κ3) is 3.48. The molecule has 3 aromatic rings. The van der Waals surface area contributed by atoms with Crippen molar-refractivity contribution in [2.75, 3.05) is 0 Å². The Morgan fingerprint density at radius 2 is 1.73 bits per heavy atom. The van der Waals surface area contributed by atoms with E-state index < -0.39 is 16.7 Å². The van der Waals surface area contributed by atoms with Gasteiger partial charge in [0.2, 0.25) is 0 Å². The standard InChI is InChI=1S/C23H17N3O4/c1-15-9-10-16(13-21(15)26(29)30)12-20-18-7-2-3-8-19(18)22(27)25(23(20)28)14-17-6-4-5-11-24-17/h2-13H,14H2,1H3/b20-12-. The molecule has 0 radical (unpaired) electrons. The van der Waals surface area contributed by atoms with Crippen molar-refractivity contribution < 1.29 is 14.5 Å². The van der Waals surface area contributed by atoms with Crippen molar-refractivity contribution in [3.8, 4) is 0 Å². The number of pyridine rings is 1. The molecule has 2 aromatic carbocycles. The van der Waals surface area contributed by atoms with Gasteiger partial charge < -0.3 is 0 Å². The smallest absolute Gasteiger partial charge is 0.269 e. The van der Waals surface area contributed by atoms with Gasteiger partial charge in [0.25, 0.3) is 17.5 Å². The Labute approximate surface area is 172 Å². The Hall–Kier alpha value is -4.13. The van der Waals surface area contributed by atoms with Gasteiger partial charge in [-0.3, -0.25) is 29.6 Å². The first kappa shape index (κ1) is 19.2. The van der Waals surface area contributed by atoms with Crippen LogP contribution < -0.4 is 0 Å². The molecule has 2 heterocycles. The van der Waals surface area contributed by atoms with Crippen molar-refractivity contribution in [3.05, 3.63) is 105 Å². The zero-order valence-corrected chi connectivity index (χ0v) is 16.1. The molecule has 7 heteroatoms. The van der Waals surface area contributed by atoms with Crippen molar-refractivity contribution in [2.24, 2.45) is 0 Å². The summed E-state index contributed by atoms with van der Waals surface area (Å²) in [7, 11) is 0. The van der Waals surface area contributed by atoms with Gasteiger partial charge in [0, 0.05) is 29.0 Å². The van der Waals surface area contributed by atoms with Gasteiger partial charge in [0.05, 0.1) is 17.2 Å². The Morgan fingerprint density at radius 1 is 1.00 bits per heavy atom. The topological polar surface area (TPSA) is 93.4 Å². The largest absolute Gasteiger partial charge is 0.272 e. The van der Waals surface area contributed by atoms with Crippen LogP contribution in [0, 0.1) is 17.0 Å². The van der Waals surface area contributed by atoms with E-state index in [0.717, 1.165) is 4.90 Å². The van der Waals surface area contributed by atoms with Crippen LogP contribution in [0.3, 0.4) is 0 Å². The van der Waals surface area contributed by atoms with Crippen LogP contribution in [0.1, 0.15) is 32.7 Å². The normalized spacial score (nSPS) is 14.7. The number of hydrogen-bond donors (Lipinski definition) is 0. The van der Waals surface area contributed by atoms with Gasteiger partial charge in [-0.25, -0.2) is 0 Å². The number of carbonyl (C=O) groups is 2. The quantitative estimate of drug-likeness (QED) is 0.286. The minimum absolute atomic E-state index is 0.0256. The summed E-state index contributed by atoms with van der Waals surface area (Å²) in [6, 6.07) is 16.9. The van der Waals surface area contributed by atoms with Crippen molar-refractivity contribution >= 4 is 29.2 Å². The van der Waals surface area contributed by atoms with Crippen molar-refractivity contribution in [2.45, 2.75) is 13.5 Å². The molecule has 0 atom stereocenters. The number of nitro groups is 1. The molecular weight excluding hydrogens is 382 g/mol. The third-order valence-corrected chi connectivity index (χ3v) is 4.96. The van der Waals surface area contributed by atoms with E-state index in [2.05, 4.69) is 4.98 Å². The molecule has 0 bridgehead atoms. The molecule has 0 fully saturated rings. The van der Waals surface area contributed by atoms with Crippen LogP contribution in [-0.2, 0) is 11.3 Å². The Balaban J connectivity index is 1.82. The average molecular weight is 399 g/mol. The maximum atomic E-state index is 13.3. The van der Waals surface area contributed by atoms with E-state index in [9.17, 15) is 19.7 Å². The lowest BCUT2D eigenvalue weighted by Gasteiger charge is -2.28. The molecule has 1 aliphatic heterocycles. The molecule has 0 aliphatic carbocycles. The van der Waals surface area contributed by atoms with Gasteiger partial charge in [0.15, 0.2) is 0 Å². The molecule has 30 heavy (non-hydrogen) atoms. The zero-order valence-electron chi connectivity index (χ0n) is 16.1. The number of carbonyl (C=O) groups excluding carboxylic acids is 2. The van der Waals surface area contributed by atoms with E-state index in [1.54, 1.807) is 73.8 Å². The van der Waals surface area contributed by atoms with Crippen molar-refractivity contribution in [3.63, 3.8) is 0 Å². The number of imide groups is 1. The van der Waals surface area contributed by atoms with Crippen LogP contribution in [-0.4, -0.2) is 26.6 Å². The summed E-state index contributed by atoms with van der Waals surface area (Å²) >= 11 is 0. The Kier molecular flexibility index (Phi) is 4.93. The number of aromatic nitrogens is 1. The summed E-state index contributed by atoms with van der Waals surface area (Å²) < 4.78 is 0. The monoisotopic (exact) mass is 399 g/mol. The average Bonchev–Trinajstić information content (AvgIpc) is 2.76. The molecule has 1 aliphatic rings. The van der Waals surface area contributed by atoms with Gasteiger partial charge in [-0.15, -0.1) is 0 Å². The van der Waals surface area contributed by atoms with Crippen LogP contribution in [0.2, 0.25) is 0 Å². The van der Waals surface area contributed by atoms with Crippen LogP contribution in [0.4, 0.5) is 5.69 Å². The van der Waals surface area contributed by atoms with E-state index >= 15 is 0 Å². The van der Waals surface area contributed by atoms with E-state index in [-0.39, 0.29) is 12.2 Å². The summed E-state index contributed by atoms with van der Waals surface area (Å²) in [6.07, 6.45) is 3.19. The molecule has 0 saturated heterocycles. The second kappa shape index (κ2) is 7.71. The van der Waals surface area contributed by atoms with Crippen molar-refractivity contribution in [1.29, 1.82) is 0 Å². The lowest BCUT2D eigenvalue weighted by atomic mass is 9.91. The fourth-order valence-corrected chi connectivity index (χ4v) is 3.42. The third-order valence-electron chi connectivity index (χ3n) is 4.96. The van der Waals surface area contributed by atoms with Crippen LogP contribution in [0.25, 0.3) is 11.6 Å². The number of nitro benzene ring substituents is 1. The van der Waals surface area contributed by atoms with Crippen LogP contribution in [0.15, 0.2) is 66.9 Å². The molecule has 1 aromatic heterocycles. The molecule has 0 N–H and O–H groups in total. The van der Waals surface area contributed by atoms with E-state index in [0.29, 0.717) is 33.5 Å². The first-order valence-electron chi connectivity index (χ1n) is 9.28. The second-order valence-electron chi connectivity index (χ2n) is 6.92. The molecule has 4 rings (SSSR count). The minimum atomic E-state index is -0.465. The van der Waals surface area contributed by atoms with E-state index in [4.69, 9.17) is 0 Å². The highest BCUT2D eigenvalue weighted by Crippen LogP contribution is 2.32. The minimum Gasteiger partial charge on any atom is -0.269 e. The summed E-state index contributed by atoms with van der Waals surface area (Å²) in [5, 5.41) is 11.3. The summed E-state index contributed by atoms with van der Waals surface area (Å²) in [6.45, 7) is 1.70. The molecule has 0 spiro atoms. The lowest BCUT2D eigenvalue weighted by molar-refractivity contribution is -0.385. The second-order valence-corrected chi connectivity index (χ2v) is 6.92. The highest BCUT2D eigenvalue weighted by Gasteiger charge is 2.34. The van der Waals surface area contributed by atoms with Gasteiger partial charge in [-0.1, -0.05) is 36.4 Å². The zero-order chi connectivity index (χ0) is 21.3. The predicted molar refractivity (Wildman–Crippen MR) is 111 cm³/mol. The van der Waals surface area contributed by atoms with Crippen LogP contribution in [0.5, 0.6) is 0 Å². The number of benzene rings is 2. The number of rotatable bonds is 4. The Bertz CT molecular complexity index is 1200. The summed E-state index contributed by atoms with van der Waals surface area (Å²) in [5.41, 5.74) is 2.82. The van der Waals surface area contributed by atoms with Gasteiger partial charge >= 0.3 is 0 Å². The van der Waals surface area contributed by atoms with E-state index in [1.807, 2.05) is 0 Å². The Morgan fingerprint density at radius 3 is 2.43 bits per heavy atom. The maximum absolute atomic E-state index is 13.3. The van der Waals surface area contributed by atoms with Crippen LogP contribution >= 0.6 is 0 Å². The molecule has 7 nitrogen and oxygen atoms in total. The maximum Gasteiger partial charge on any atom is 0.272 e. The first-order chi connectivity index (χ1) is 14.5.